The minimum absolute atomic E-state index is 0.311. The monoisotopic (exact) mass is 304 g/mol. The molecule has 0 aromatic rings. The maximum absolute atomic E-state index is 9.54. The predicted octanol–water partition coefficient (Wildman–Crippen LogP) is -1.12. The highest BCUT2D eigenvalue weighted by Gasteiger charge is 2.43. The minimum Gasteiger partial charge on any atom is -0.394 e. The smallest absolute Gasteiger partial charge is 0.138 e. The van der Waals surface area contributed by atoms with Gasteiger partial charge in [0.2, 0.25) is 0 Å². The normalized spacial score (nSPS) is 46.4. The van der Waals surface area contributed by atoms with Crippen molar-refractivity contribution in [2.24, 2.45) is 0 Å². The van der Waals surface area contributed by atoms with Crippen molar-refractivity contribution in [3.8, 4) is 0 Å². The molecule has 0 amide bonds. The number of alkyl halides is 1. The van der Waals surface area contributed by atoms with E-state index in [0.717, 1.165) is 0 Å². The van der Waals surface area contributed by atoms with Gasteiger partial charge in [-0.15, -0.1) is 0 Å². The highest BCUT2D eigenvalue weighted by Crippen LogP contribution is 2.26. The SMILES string of the molecule is COC1C(O)C(O)C(CO)O[C@@H]1I. The fourth-order valence-electron chi connectivity index (χ4n) is 1.29. The quantitative estimate of drug-likeness (QED) is 0.445. The van der Waals surface area contributed by atoms with Gasteiger partial charge in [0.1, 0.15) is 28.5 Å². The topological polar surface area (TPSA) is 79.2 Å². The molecule has 3 N–H and O–H groups in total. The van der Waals surface area contributed by atoms with Gasteiger partial charge in [0.15, 0.2) is 0 Å². The second-order valence-electron chi connectivity index (χ2n) is 2.89. The predicted molar refractivity (Wildman–Crippen MR) is 52.6 cm³/mol. The summed E-state index contributed by atoms with van der Waals surface area (Å²) in [4.78, 5) is 0. The number of methoxy groups -OCH3 is 1. The molecule has 6 heteroatoms. The van der Waals surface area contributed by atoms with Crippen LogP contribution in [0.15, 0.2) is 0 Å². The second kappa shape index (κ2) is 4.85. The van der Waals surface area contributed by atoms with Crippen molar-refractivity contribution >= 4 is 22.6 Å². The summed E-state index contributed by atoms with van der Waals surface area (Å²) >= 11 is 1.95. The third kappa shape index (κ3) is 2.31. The molecule has 1 heterocycles. The lowest BCUT2D eigenvalue weighted by molar-refractivity contribution is -0.208. The van der Waals surface area contributed by atoms with Crippen LogP contribution in [0.4, 0.5) is 0 Å². The van der Waals surface area contributed by atoms with Gasteiger partial charge in [0.25, 0.3) is 0 Å². The molecule has 0 bridgehead atoms. The van der Waals surface area contributed by atoms with Crippen LogP contribution < -0.4 is 0 Å². The zero-order valence-corrected chi connectivity index (χ0v) is 9.29. The summed E-state index contributed by atoms with van der Waals surface area (Å²) in [5.74, 6) is 0. The Morgan fingerprint density at radius 2 is 2.00 bits per heavy atom. The Labute approximate surface area is 89.8 Å². The largest absolute Gasteiger partial charge is 0.394 e. The van der Waals surface area contributed by atoms with Crippen molar-refractivity contribution in [2.45, 2.75) is 28.5 Å². The molecule has 1 rings (SSSR count). The van der Waals surface area contributed by atoms with Crippen molar-refractivity contribution < 1.29 is 24.8 Å². The first kappa shape index (κ1) is 11.6. The highest BCUT2D eigenvalue weighted by atomic mass is 127. The molecule has 1 aliphatic heterocycles. The molecule has 0 saturated carbocycles. The van der Waals surface area contributed by atoms with E-state index in [1.54, 1.807) is 0 Å². The van der Waals surface area contributed by atoms with Crippen molar-refractivity contribution in [2.75, 3.05) is 13.7 Å². The molecular weight excluding hydrogens is 291 g/mol. The van der Waals surface area contributed by atoms with E-state index in [1.165, 1.54) is 7.11 Å². The Hall–Kier alpha value is 0.530. The number of aliphatic hydroxyl groups is 3. The number of ether oxygens (including phenoxy) is 2. The van der Waals surface area contributed by atoms with E-state index in [9.17, 15) is 10.2 Å². The van der Waals surface area contributed by atoms with E-state index in [1.807, 2.05) is 22.6 Å². The standard InChI is InChI=1S/C7H13IO5/c1-12-6-5(11)4(10)3(2-9)13-7(6)8/h3-7,9-11H,2H2,1H3/t3?,4?,5?,6?,7-/m0/s1. The van der Waals surface area contributed by atoms with E-state index >= 15 is 0 Å². The van der Waals surface area contributed by atoms with Crippen molar-refractivity contribution in [3.63, 3.8) is 0 Å². The molecular formula is C7H13IO5. The van der Waals surface area contributed by atoms with Gasteiger partial charge in [-0.1, -0.05) is 0 Å². The van der Waals surface area contributed by atoms with Crippen LogP contribution in [0.25, 0.3) is 0 Å². The van der Waals surface area contributed by atoms with Gasteiger partial charge in [0, 0.05) is 7.11 Å². The molecule has 13 heavy (non-hydrogen) atoms. The summed E-state index contributed by atoms with van der Waals surface area (Å²) in [7, 11) is 1.44. The summed E-state index contributed by atoms with van der Waals surface area (Å²) < 4.78 is 9.82. The van der Waals surface area contributed by atoms with E-state index < -0.39 is 24.4 Å². The molecule has 0 aromatic carbocycles. The number of rotatable bonds is 2. The number of hydrogen-bond donors (Lipinski definition) is 3. The van der Waals surface area contributed by atoms with Crippen LogP contribution in [0.2, 0.25) is 0 Å². The maximum Gasteiger partial charge on any atom is 0.138 e. The average Bonchev–Trinajstić information content (AvgIpc) is 2.12. The molecule has 78 valence electrons. The maximum atomic E-state index is 9.54. The van der Waals surface area contributed by atoms with Crippen LogP contribution in [-0.4, -0.2) is 57.6 Å². The molecule has 0 aromatic heterocycles. The zero-order chi connectivity index (χ0) is 10.0. The summed E-state index contributed by atoms with van der Waals surface area (Å²) in [6.07, 6.45) is -3.40. The van der Waals surface area contributed by atoms with Crippen molar-refractivity contribution in [1.82, 2.24) is 0 Å². The lowest BCUT2D eigenvalue weighted by atomic mass is 10.0. The first-order chi connectivity index (χ1) is 6.11. The Balaban J connectivity index is 2.66. The average molecular weight is 304 g/mol. The molecule has 5 nitrogen and oxygen atoms in total. The van der Waals surface area contributed by atoms with Gasteiger partial charge in [-0.3, -0.25) is 0 Å². The van der Waals surface area contributed by atoms with E-state index in [4.69, 9.17) is 14.6 Å². The molecule has 5 atom stereocenters. The molecule has 0 spiro atoms. The van der Waals surface area contributed by atoms with Gasteiger partial charge in [-0.2, -0.15) is 0 Å². The summed E-state index contributed by atoms with van der Waals surface area (Å²) in [5, 5.41) is 27.8. The van der Waals surface area contributed by atoms with Gasteiger partial charge in [-0.25, -0.2) is 0 Å². The number of aliphatic hydroxyl groups excluding tert-OH is 3. The van der Waals surface area contributed by atoms with Crippen LogP contribution in [0.3, 0.4) is 0 Å². The Morgan fingerprint density at radius 3 is 2.46 bits per heavy atom. The van der Waals surface area contributed by atoms with Gasteiger partial charge in [0.05, 0.1) is 6.61 Å². The summed E-state index contributed by atoms with van der Waals surface area (Å²) in [6.45, 7) is -0.311. The van der Waals surface area contributed by atoms with Crippen LogP contribution in [0.1, 0.15) is 0 Å². The van der Waals surface area contributed by atoms with Crippen LogP contribution >= 0.6 is 22.6 Å². The molecule has 4 unspecified atom stereocenters. The lowest BCUT2D eigenvalue weighted by Crippen LogP contribution is -2.57. The van der Waals surface area contributed by atoms with Crippen LogP contribution in [0, 0.1) is 0 Å². The highest BCUT2D eigenvalue weighted by molar-refractivity contribution is 14.1. The molecule has 0 radical (unpaired) electrons. The molecule has 1 aliphatic rings. The summed E-state index contributed by atoms with van der Waals surface area (Å²) in [5.41, 5.74) is 0. The van der Waals surface area contributed by atoms with Gasteiger partial charge in [-0.05, 0) is 22.6 Å². The zero-order valence-electron chi connectivity index (χ0n) is 7.13. The molecule has 0 aliphatic carbocycles. The second-order valence-corrected chi connectivity index (χ2v) is 4.12. The van der Waals surface area contributed by atoms with Crippen LogP contribution in [-0.2, 0) is 9.47 Å². The third-order valence-electron chi connectivity index (χ3n) is 2.08. The van der Waals surface area contributed by atoms with E-state index in [2.05, 4.69) is 0 Å². The van der Waals surface area contributed by atoms with Gasteiger partial charge < -0.3 is 24.8 Å². The van der Waals surface area contributed by atoms with E-state index in [-0.39, 0.29) is 10.7 Å². The van der Waals surface area contributed by atoms with Crippen LogP contribution in [0.5, 0.6) is 0 Å². The molecule has 1 saturated heterocycles. The van der Waals surface area contributed by atoms with Crippen molar-refractivity contribution in [3.05, 3.63) is 0 Å². The fraction of sp³-hybridized carbons (Fsp3) is 1.00. The Kier molecular flexibility index (Phi) is 4.33. The molecule has 1 fully saturated rings. The first-order valence-corrected chi connectivity index (χ1v) is 5.15. The van der Waals surface area contributed by atoms with Gasteiger partial charge >= 0.3 is 0 Å². The Bertz CT molecular complexity index is 167. The third-order valence-corrected chi connectivity index (χ3v) is 3.09. The fourth-order valence-corrected chi connectivity index (χ4v) is 2.39. The number of halogens is 1. The summed E-state index contributed by atoms with van der Waals surface area (Å²) in [6, 6.07) is 0. The minimum atomic E-state index is -1.10. The Morgan fingerprint density at radius 1 is 1.38 bits per heavy atom. The van der Waals surface area contributed by atoms with E-state index in [0.29, 0.717) is 0 Å². The van der Waals surface area contributed by atoms with Crippen molar-refractivity contribution in [1.29, 1.82) is 0 Å². The number of hydrogen-bond acceptors (Lipinski definition) is 5. The first-order valence-electron chi connectivity index (χ1n) is 3.91. The lowest BCUT2D eigenvalue weighted by Gasteiger charge is -2.39.